The van der Waals surface area contributed by atoms with E-state index in [9.17, 15) is 4.79 Å². The molecule has 6 nitrogen and oxygen atoms in total. The van der Waals surface area contributed by atoms with E-state index in [4.69, 9.17) is 23.7 Å². The molecular formula is C19H23O6P. The van der Waals surface area contributed by atoms with Crippen molar-refractivity contribution >= 4 is 19.4 Å². The summed E-state index contributed by atoms with van der Waals surface area (Å²) >= 11 is 0. The normalized spacial score (nSPS) is 10.8. The van der Waals surface area contributed by atoms with Gasteiger partial charge in [-0.15, -0.1) is 0 Å². The third-order valence-corrected chi connectivity index (χ3v) is 4.78. The summed E-state index contributed by atoms with van der Waals surface area (Å²) in [5, 5.41) is 0.813. The molecule has 0 aliphatic heterocycles. The monoisotopic (exact) mass is 378 g/mol. The third-order valence-electron chi connectivity index (χ3n) is 3.62. The van der Waals surface area contributed by atoms with Gasteiger partial charge in [0.1, 0.15) is 35.2 Å². The summed E-state index contributed by atoms with van der Waals surface area (Å²) < 4.78 is 26.7. The van der Waals surface area contributed by atoms with E-state index < -0.39 is 0 Å². The Bertz CT molecular complexity index is 722. The average molecular weight is 378 g/mol. The van der Waals surface area contributed by atoms with E-state index in [1.54, 1.807) is 26.4 Å². The summed E-state index contributed by atoms with van der Waals surface area (Å²) in [6.45, 7) is 0.896. The Labute approximate surface area is 155 Å². The summed E-state index contributed by atoms with van der Waals surface area (Å²) in [4.78, 5) is 13.0. The topological polar surface area (TPSA) is 63.2 Å². The number of hydrogen-bond acceptors (Lipinski definition) is 6. The highest BCUT2D eigenvalue weighted by atomic mass is 31.1. The van der Waals surface area contributed by atoms with E-state index in [1.807, 2.05) is 24.3 Å². The Morgan fingerprint density at radius 3 is 2.12 bits per heavy atom. The molecule has 0 N–H and O–H groups in total. The highest BCUT2D eigenvalue weighted by molar-refractivity contribution is 7.66. The summed E-state index contributed by atoms with van der Waals surface area (Å²) in [5.41, 5.74) is 0.282. The maximum Gasteiger partial charge on any atom is 0.193 e. The molecule has 1 unspecified atom stereocenters. The van der Waals surface area contributed by atoms with Gasteiger partial charge in [-0.3, -0.25) is 4.79 Å². The van der Waals surface area contributed by atoms with Crippen LogP contribution in [0.15, 0.2) is 36.4 Å². The van der Waals surface area contributed by atoms with Crippen molar-refractivity contribution in [2.75, 3.05) is 41.7 Å². The molecule has 0 heterocycles. The Kier molecular flexibility index (Phi) is 7.70. The molecule has 140 valence electrons. The second-order valence-electron chi connectivity index (χ2n) is 5.20. The Hall–Kier alpha value is -2.30. The highest BCUT2D eigenvalue weighted by Gasteiger charge is 2.21. The van der Waals surface area contributed by atoms with E-state index in [-0.39, 0.29) is 14.1 Å². The van der Waals surface area contributed by atoms with Crippen LogP contribution in [0.25, 0.3) is 0 Å². The van der Waals surface area contributed by atoms with Gasteiger partial charge in [0.05, 0.1) is 27.9 Å². The third kappa shape index (κ3) is 4.87. The van der Waals surface area contributed by atoms with E-state index in [0.717, 1.165) is 5.30 Å². The molecule has 1 atom stereocenters. The van der Waals surface area contributed by atoms with Gasteiger partial charge in [-0.2, -0.15) is 0 Å². The number of methoxy groups -OCH3 is 4. The number of para-hydroxylation sites is 1. The Balaban J connectivity index is 2.31. The highest BCUT2D eigenvalue weighted by Crippen LogP contribution is 2.38. The van der Waals surface area contributed by atoms with E-state index in [2.05, 4.69) is 0 Å². The smallest absolute Gasteiger partial charge is 0.193 e. The molecule has 0 radical (unpaired) electrons. The van der Waals surface area contributed by atoms with Crippen LogP contribution in [0.4, 0.5) is 0 Å². The van der Waals surface area contributed by atoms with Gasteiger partial charge in [0.25, 0.3) is 0 Å². The first-order valence-corrected chi connectivity index (χ1v) is 8.96. The van der Waals surface area contributed by atoms with Gasteiger partial charge >= 0.3 is 0 Å². The van der Waals surface area contributed by atoms with Crippen LogP contribution in [0.3, 0.4) is 0 Å². The van der Waals surface area contributed by atoms with Crippen LogP contribution in [-0.4, -0.2) is 47.2 Å². The second kappa shape index (κ2) is 10.00. The van der Waals surface area contributed by atoms with Crippen LogP contribution in [0.1, 0.15) is 10.4 Å². The first kappa shape index (κ1) is 20.0. The fraction of sp³-hybridized carbons (Fsp3) is 0.316. The molecule has 2 aromatic carbocycles. The molecule has 0 saturated heterocycles. The maximum absolute atomic E-state index is 13.0. The fourth-order valence-corrected chi connectivity index (χ4v) is 3.42. The van der Waals surface area contributed by atoms with Crippen LogP contribution >= 0.6 is 8.58 Å². The van der Waals surface area contributed by atoms with Gasteiger partial charge < -0.3 is 23.7 Å². The van der Waals surface area contributed by atoms with Crippen LogP contribution in [0.2, 0.25) is 0 Å². The quantitative estimate of drug-likeness (QED) is 0.468. The molecule has 0 amide bonds. The van der Waals surface area contributed by atoms with Gasteiger partial charge in [0, 0.05) is 24.5 Å². The molecule has 0 fully saturated rings. The SMILES string of the molecule is COCCOc1ccccc1PC(=O)c1c(OC)cc(OC)cc1OC. The molecule has 0 aliphatic carbocycles. The fourth-order valence-electron chi connectivity index (χ4n) is 2.35. The summed E-state index contributed by atoms with van der Waals surface area (Å²) in [5.74, 6) is 2.05. The number of carbonyl (C=O) groups is 1. The maximum atomic E-state index is 13.0. The Morgan fingerprint density at radius 1 is 0.885 bits per heavy atom. The van der Waals surface area contributed by atoms with Gasteiger partial charge in [-0.1, -0.05) is 18.2 Å². The minimum Gasteiger partial charge on any atom is -0.496 e. The predicted octanol–water partition coefficient (Wildman–Crippen LogP) is 2.88. The average Bonchev–Trinajstić information content (AvgIpc) is 2.68. The lowest BCUT2D eigenvalue weighted by Crippen LogP contribution is -2.11. The van der Waals surface area contributed by atoms with Gasteiger partial charge in [-0.05, 0) is 14.6 Å². The molecule has 0 spiro atoms. The zero-order valence-corrected chi connectivity index (χ0v) is 16.3. The standard InChI is InChI=1S/C19H23O6P/c1-21-9-10-25-14-7-5-6-8-17(14)26-19(20)18-15(23-3)11-13(22-2)12-16(18)24-4/h5-8,11-12,26H,9-10H2,1-4H3. The summed E-state index contributed by atoms with van der Waals surface area (Å²) in [6.07, 6.45) is 0. The molecule has 0 saturated carbocycles. The lowest BCUT2D eigenvalue weighted by atomic mass is 10.2. The minimum atomic E-state index is -0.143. The Morgan fingerprint density at radius 2 is 1.54 bits per heavy atom. The van der Waals surface area contributed by atoms with Crippen LogP contribution < -0.4 is 24.3 Å². The van der Waals surface area contributed by atoms with Crippen molar-refractivity contribution in [3.8, 4) is 23.0 Å². The van der Waals surface area contributed by atoms with Crippen molar-refractivity contribution in [1.29, 1.82) is 0 Å². The van der Waals surface area contributed by atoms with Crippen molar-refractivity contribution in [3.05, 3.63) is 42.0 Å². The molecule has 2 aromatic rings. The van der Waals surface area contributed by atoms with Crippen molar-refractivity contribution in [2.24, 2.45) is 0 Å². The lowest BCUT2D eigenvalue weighted by molar-refractivity contribution is 0.108. The first-order valence-electron chi connectivity index (χ1n) is 7.96. The molecular weight excluding hydrogens is 355 g/mol. The lowest BCUT2D eigenvalue weighted by Gasteiger charge is -2.15. The molecule has 7 heteroatoms. The number of carbonyl (C=O) groups excluding carboxylic acids is 1. The van der Waals surface area contributed by atoms with Crippen molar-refractivity contribution in [1.82, 2.24) is 0 Å². The number of rotatable bonds is 10. The van der Waals surface area contributed by atoms with Gasteiger partial charge in [0.2, 0.25) is 0 Å². The van der Waals surface area contributed by atoms with E-state index >= 15 is 0 Å². The molecule has 0 aliphatic rings. The number of benzene rings is 2. The number of ether oxygens (including phenoxy) is 5. The number of hydrogen-bond donors (Lipinski definition) is 0. The van der Waals surface area contributed by atoms with Crippen LogP contribution in [-0.2, 0) is 4.74 Å². The minimum absolute atomic E-state index is 0.107. The van der Waals surface area contributed by atoms with Crippen molar-refractivity contribution in [3.63, 3.8) is 0 Å². The summed E-state index contributed by atoms with van der Waals surface area (Å²) in [7, 11) is 6.04. The van der Waals surface area contributed by atoms with Crippen molar-refractivity contribution in [2.45, 2.75) is 0 Å². The first-order chi connectivity index (χ1) is 12.6. The molecule has 2 rings (SSSR count). The predicted molar refractivity (Wildman–Crippen MR) is 102 cm³/mol. The van der Waals surface area contributed by atoms with Gasteiger partial charge in [-0.25, -0.2) is 0 Å². The zero-order chi connectivity index (χ0) is 18.9. The zero-order valence-electron chi connectivity index (χ0n) is 15.3. The van der Waals surface area contributed by atoms with E-state index in [1.165, 1.54) is 14.2 Å². The molecule has 26 heavy (non-hydrogen) atoms. The van der Waals surface area contributed by atoms with Gasteiger partial charge in [0.15, 0.2) is 5.52 Å². The summed E-state index contributed by atoms with van der Waals surface area (Å²) in [6, 6.07) is 10.8. The molecule has 0 aromatic heterocycles. The molecule has 0 bridgehead atoms. The van der Waals surface area contributed by atoms with Crippen LogP contribution in [0.5, 0.6) is 23.0 Å². The van der Waals surface area contributed by atoms with Crippen molar-refractivity contribution < 1.29 is 28.5 Å². The largest absolute Gasteiger partial charge is 0.496 e. The second-order valence-corrected chi connectivity index (χ2v) is 6.44. The van der Waals surface area contributed by atoms with E-state index in [0.29, 0.717) is 41.8 Å². The van der Waals surface area contributed by atoms with Crippen LogP contribution in [0, 0.1) is 0 Å².